The summed E-state index contributed by atoms with van der Waals surface area (Å²) in [5, 5.41) is 11.2. The molecule has 0 fully saturated rings. The van der Waals surface area contributed by atoms with Crippen LogP contribution in [0.4, 0.5) is 0 Å². The molecule has 0 aliphatic carbocycles. The smallest absolute Gasteiger partial charge is 0.104 e. The molecule has 1 atom stereocenters. The van der Waals surface area contributed by atoms with Gasteiger partial charge in [-0.2, -0.15) is 0 Å². The number of fused-ring (bicyclic) bond motifs is 1. The number of hydrogen-bond acceptors (Lipinski definition) is 2. The van der Waals surface area contributed by atoms with Gasteiger partial charge in [0.1, 0.15) is 6.10 Å². The Morgan fingerprint density at radius 2 is 1.74 bits per heavy atom. The zero-order valence-corrected chi connectivity index (χ0v) is 11.4. The second-order valence-corrected chi connectivity index (χ2v) is 5.34. The van der Waals surface area contributed by atoms with Crippen molar-refractivity contribution in [2.24, 2.45) is 0 Å². The average Bonchev–Trinajstić information content (AvgIpc) is 2.88. The number of aryl methyl sites for hydroxylation is 1. The van der Waals surface area contributed by atoms with Gasteiger partial charge in [-0.15, -0.1) is 0 Å². The van der Waals surface area contributed by atoms with Crippen molar-refractivity contribution in [1.29, 1.82) is 0 Å². The molecule has 1 aliphatic heterocycles. The molecule has 0 bridgehead atoms. The number of ether oxygens (including phenoxy) is 1. The van der Waals surface area contributed by atoms with Gasteiger partial charge in [-0.25, -0.2) is 0 Å². The highest BCUT2D eigenvalue weighted by atomic mass is 35.5. The fourth-order valence-electron chi connectivity index (χ4n) is 2.39. The molecular weight excluding hydrogens is 260 g/mol. The van der Waals surface area contributed by atoms with Crippen LogP contribution in [0.25, 0.3) is 0 Å². The average molecular weight is 275 g/mol. The monoisotopic (exact) mass is 274 g/mol. The first-order chi connectivity index (χ1) is 9.15. The van der Waals surface area contributed by atoms with Crippen molar-refractivity contribution in [3.05, 3.63) is 69.2 Å². The molecule has 3 heteroatoms. The minimum absolute atomic E-state index is 0.623. The maximum atomic E-state index is 10.5. The predicted molar refractivity (Wildman–Crippen MR) is 75.2 cm³/mol. The van der Waals surface area contributed by atoms with Crippen molar-refractivity contribution in [2.75, 3.05) is 0 Å². The van der Waals surface area contributed by atoms with Crippen molar-refractivity contribution in [2.45, 2.75) is 26.2 Å². The Bertz CT molecular complexity index is 622. The van der Waals surface area contributed by atoms with E-state index in [2.05, 4.69) is 0 Å². The summed E-state index contributed by atoms with van der Waals surface area (Å²) in [4.78, 5) is 0. The van der Waals surface area contributed by atoms with Crippen LogP contribution in [0.2, 0.25) is 5.02 Å². The molecule has 0 aromatic heterocycles. The highest BCUT2D eigenvalue weighted by Gasteiger charge is 2.16. The third kappa shape index (κ3) is 2.39. The van der Waals surface area contributed by atoms with E-state index in [1.807, 2.05) is 43.3 Å². The lowest BCUT2D eigenvalue weighted by Gasteiger charge is -2.14. The van der Waals surface area contributed by atoms with Gasteiger partial charge >= 0.3 is 0 Å². The Balaban J connectivity index is 1.94. The third-order valence-electron chi connectivity index (χ3n) is 3.56. The Hall–Kier alpha value is -1.35. The van der Waals surface area contributed by atoms with Gasteiger partial charge in [0.25, 0.3) is 0 Å². The van der Waals surface area contributed by atoms with Gasteiger partial charge < -0.3 is 9.84 Å². The van der Waals surface area contributed by atoms with Crippen molar-refractivity contribution in [1.82, 2.24) is 0 Å². The molecule has 1 unspecified atom stereocenters. The Morgan fingerprint density at radius 3 is 2.53 bits per heavy atom. The van der Waals surface area contributed by atoms with Crippen LogP contribution in [0.15, 0.2) is 36.4 Å². The second kappa shape index (κ2) is 4.97. The number of halogens is 1. The quantitative estimate of drug-likeness (QED) is 0.903. The molecule has 2 aromatic carbocycles. The lowest BCUT2D eigenvalue weighted by atomic mass is 9.97. The zero-order valence-electron chi connectivity index (χ0n) is 10.7. The molecule has 1 N–H and O–H groups in total. The summed E-state index contributed by atoms with van der Waals surface area (Å²) in [6.45, 7) is 3.25. The van der Waals surface area contributed by atoms with Crippen LogP contribution in [-0.4, -0.2) is 5.11 Å². The molecule has 0 amide bonds. The van der Waals surface area contributed by atoms with E-state index in [1.165, 1.54) is 11.1 Å². The van der Waals surface area contributed by atoms with E-state index in [0.29, 0.717) is 13.2 Å². The molecule has 0 saturated carbocycles. The van der Waals surface area contributed by atoms with E-state index in [-0.39, 0.29) is 0 Å². The van der Waals surface area contributed by atoms with Gasteiger partial charge in [-0.3, -0.25) is 0 Å². The van der Waals surface area contributed by atoms with E-state index in [9.17, 15) is 5.11 Å². The molecular formula is C16H15ClO2. The number of aliphatic hydroxyl groups excluding tert-OH is 1. The number of benzene rings is 2. The van der Waals surface area contributed by atoms with Gasteiger partial charge in [0.15, 0.2) is 0 Å². The fraction of sp³-hybridized carbons (Fsp3) is 0.250. The van der Waals surface area contributed by atoms with Crippen LogP contribution in [0.5, 0.6) is 0 Å². The largest absolute Gasteiger partial charge is 0.384 e. The highest BCUT2D eigenvalue weighted by molar-refractivity contribution is 6.31. The number of rotatable bonds is 2. The summed E-state index contributed by atoms with van der Waals surface area (Å²) in [5.74, 6) is 0. The molecule has 0 radical (unpaired) electrons. The minimum atomic E-state index is -0.623. The molecule has 3 rings (SSSR count). The van der Waals surface area contributed by atoms with Crippen LogP contribution < -0.4 is 0 Å². The van der Waals surface area contributed by atoms with Crippen LogP contribution in [0, 0.1) is 6.92 Å². The Morgan fingerprint density at radius 1 is 1.05 bits per heavy atom. The molecule has 2 nitrogen and oxygen atoms in total. The normalized spacial score (nSPS) is 15.3. The summed E-state index contributed by atoms with van der Waals surface area (Å²) >= 11 is 6.01. The van der Waals surface area contributed by atoms with Gasteiger partial charge in [0.2, 0.25) is 0 Å². The fourth-order valence-corrected chi connectivity index (χ4v) is 2.51. The lowest BCUT2D eigenvalue weighted by Crippen LogP contribution is -2.01. The van der Waals surface area contributed by atoms with Crippen molar-refractivity contribution in [3.63, 3.8) is 0 Å². The standard InChI is InChI=1S/C16H15ClO2/c1-10-6-11(4-5-15(10)17)16(18)12-2-3-13-8-19-9-14(13)7-12/h2-7,16,18H,8-9H2,1H3. The first-order valence-corrected chi connectivity index (χ1v) is 6.66. The Kier molecular flexibility index (Phi) is 3.31. The topological polar surface area (TPSA) is 29.5 Å². The summed E-state index contributed by atoms with van der Waals surface area (Å²) < 4.78 is 5.39. The third-order valence-corrected chi connectivity index (χ3v) is 3.98. The molecule has 19 heavy (non-hydrogen) atoms. The van der Waals surface area contributed by atoms with Gasteiger partial charge in [-0.1, -0.05) is 41.9 Å². The summed E-state index contributed by atoms with van der Waals surface area (Å²) in [5.41, 5.74) is 5.11. The van der Waals surface area contributed by atoms with Gasteiger partial charge in [0.05, 0.1) is 13.2 Å². The van der Waals surface area contributed by atoms with Gasteiger partial charge in [-0.05, 0) is 40.8 Å². The van der Waals surface area contributed by atoms with E-state index in [0.717, 1.165) is 21.7 Å². The molecule has 0 spiro atoms. The van der Waals surface area contributed by atoms with Crippen molar-refractivity contribution >= 4 is 11.6 Å². The first-order valence-electron chi connectivity index (χ1n) is 6.29. The van der Waals surface area contributed by atoms with Crippen LogP contribution in [-0.2, 0) is 18.0 Å². The minimum Gasteiger partial charge on any atom is -0.384 e. The number of aliphatic hydroxyl groups is 1. The molecule has 1 aliphatic rings. The van der Waals surface area contributed by atoms with Crippen molar-refractivity contribution in [3.8, 4) is 0 Å². The van der Waals surface area contributed by atoms with E-state index >= 15 is 0 Å². The predicted octanol–water partition coefficient (Wildman–Crippen LogP) is 3.76. The Labute approximate surface area is 117 Å². The lowest BCUT2D eigenvalue weighted by molar-refractivity contribution is 0.134. The van der Waals surface area contributed by atoms with Crippen molar-refractivity contribution < 1.29 is 9.84 Å². The zero-order chi connectivity index (χ0) is 13.4. The summed E-state index contributed by atoms with van der Waals surface area (Å²) in [6.07, 6.45) is -0.623. The second-order valence-electron chi connectivity index (χ2n) is 4.93. The maximum absolute atomic E-state index is 10.5. The molecule has 0 saturated heterocycles. The maximum Gasteiger partial charge on any atom is 0.104 e. The van der Waals surface area contributed by atoms with E-state index < -0.39 is 6.10 Å². The van der Waals surface area contributed by atoms with Crippen LogP contribution in [0.1, 0.15) is 33.9 Å². The van der Waals surface area contributed by atoms with Gasteiger partial charge in [0, 0.05) is 5.02 Å². The SMILES string of the molecule is Cc1cc(C(O)c2ccc3c(c2)COC3)ccc1Cl. The van der Waals surface area contributed by atoms with E-state index in [1.54, 1.807) is 0 Å². The number of hydrogen-bond donors (Lipinski definition) is 1. The highest BCUT2D eigenvalue weighted by Crippen LogP contribution is 2.29. The molecule has 98 valence electrons. The first kappa shape index (κ1) is 12.7. The molecule has 1 heterocycles. The van der Waals surface area contributed by atoms with E-state index in [4.69, 9.17) is 16.3 Å². The summed E-state index contributed by atoms with van der Waals surface area (Å²) in [6, 6.07) is 11.6. The summed E-state index contributed by atoms with van der Waals surface area (Å²) in [7, 11) is 0. The van der Waals surface area contributed by atoms with Crippen LogP contribution in [0.3, 0.4) is 0 Å². The van der Waals surface area contributed by atoms with Crippen LogP contribution >= 0.6 is 11.6 Å². The molecule has 2 aromatic rings.